The quantitative estimate of drug-likeness (QED) is 0.250. The molecule has 4 atom stereocenters. The first-order valence-electron chi connectivity index (χ1n) is 4.73. The zero-order valence-corrected chi connectivity index (χ0v) is 10.2. The molecule has 0 spiro atoms. The normalized spacial score (nSPS) is 19.0. The highest BCUT2D eigenvalue weighted by molar-refractivity contribution is 7.88. The standard InChI is InChI=1S/C7H11F3O9S/c8-7(9,10)20(17,18)19-6(16)5(15)4(14)3(13)2(12)1-11/h2-5,11-15H,1H2/t2-,3-,4+,5+/m1/s1. The Morgan fingerprint density at radius 1 is 1.10 bits per heavy atom. The summed E-state index contributed by atoms with van der Waals surface area (Å²) in [5.41, 5.74) is -5.93. The maximum Gasteiger partial charge on any atom is 0.534 e. The molecular formula is C7H11F3O9S. The molecule has 0 radical (unpaired) electrons. The lowest BCUT2D eigenvalue weighted by molar-refractivity contribution is -0.162. The van der Waals surface area contributed by atoms with Crippen LogP contribution in [0.3, 0.4) is 0 Å². The molecule has 120 valence electrons. The minimum atomic E-state index is -6.34. The second-order valence-electron chi connectivity index (χ2n) is 3.48. The Balaban J connectivity index is 4.89. The summed E-state index contributed by atoms with van der Waals surface area (Å²) < 4.78 is 59.5. The molecular weight excluding hydrogens is 317 g/mol. The van der Waals surface area contributed by atoms with Crippen LogP contribution >= 0.6 is 0 Å². The van der Waals surface area contributed by atoms with Crippen molar-refractivity contribution in [1.29, 1.82) is 0 Å². The molecule has 9 nitrogen and oxygen atoms in total. The van der Waals surface area contributed by atoms with E-state index in [4.69, 9.17) is 25.5 Å². The number of rotatable bonds is 6. The molecule has 0 rings (SSSR count). The van der Waals surface area contributed by atoms with Gasteiger partial charge in [0.05, 0.1) is 6.61 Å². The van der Waals surface area contributed by atoms with E-state index in [9.17, 15) is 26.4 Å². The zero-order valence-electron chi connectivity index (χ0n) is 9.43. The van der Waals surface area contributed by atoms with Gasteiger partial charge in [-0.05, 0) is 0 Å². The van der Waals surface area contributed by atoms with Gasteiger partial charge in [-0.15, -0.1) is 0 Å². The van der Waals surface area contributed by atoms with Crippen molar-refractivity contribution in [2.24, 2.45) is 0 Å². The van der Waals surface area contributed by atoms with Crippen molar-refractivity contribution >= 4 is 16.1 Å². The summed E-state index contributed by atoms with van der Waals surface area (Å²) in [7, 11) is -6.34. The van der Waals surface area contributed by atoms with Crippen LogP contribution in [-0.2, 0) is 19.1 Å². The van der Waals surface area contributed by atoms with Crippen LogP contribution in [0.1, 0.15) is 0 Å². The Morgan fingerprint density at radius 3 is 1.90 bits per heavy atom. The average molecular weight is 328 g/mol. The molecule has 0 unspecified atom stereocenters. The lowest BCUT2D eigenvalue weighted by atomic mass is 10.0. The molecule has 0 aromatic heterocycles. The van der Waals surface area contributed by atoms with Gasteiger partial charge in [0.1, 0.15) is 18.3 Å². The zero-order chi connectivity index (χ0) is 16.3. The van der Waals surface area contributed by atoms with Crippen LogP contribution in [-0.4, -0.2) is 76.5 Å². The van der Waals surface area contributed by atoms with E-state index in [1.807, 2.05) is 0 Å². The maximum atomic E-state index is 11.9. The van der Waals surface area contributed by atoms with Gasteiger partial charge >= 0.3 is 21.6 Å². The second kappa shape index (κ2) is 6.64. The van der Waals surface area contributed by atoms with Crippen LogP contribution in [0.2, 0.25) is 0 Å². The SMILES string of the molecule is O=C(OS(=O)(=O)C(F)(F)F)[C@@H](O)[C@@H](O)[C@H](O)[C@H](O)CO. The van der Waals surface area contributed by atoms with Gasteiger partial charge in [0.2, 0.25) is 0 Å². The minimum absolute atomic E-state index is 1.11. The average Bonchev–Trinajstić information content (AvgIpc) is 2.32. The van der Waals surface area contributed by atoms with E-state index in [0.717, 1.165) is 0 Å². The number of aliphatic hydroxyl groups excluding tert-OH is 5. The van der Waals surface area contributed by atoms with Gasteiger partial charge in [0, 0.05) is 0 Å². The first-order valence-corrected chi connectivity index (χ1v) is 6.13. The summed E-state index contributed by atoms with van der Waals surface area (Å²) in [6.45, 7) is -1.11. The summed E-state index contributed by atoms with van der Waals surface area (Å²) in [6.07, 6.45) is -9.86. The van der Waals surface area contributed by atoms with Crippen molar-refractivity contribution in [3.63, 3.8) is 0 Å². The first kappa shape index (κ1) is 19.0. The highest BCUT2D eigenvalue weighted by Crippen LogP contribution is 2.25. The van der Waals surface area contributed by atoms with Crippen molar-refractivity contribution in [1.82, 2.24) is 0 Å². The summed E-state index contributed by atoms with van der Waals surface area (Å²) in [5.74, 6) is -2.42. The van der Waals surface area contributed by atoms with Crippen molar-refractivity contribution < 1.29 is 56.1 Å². The summed E-state index contributed by atoms with van der Waals surface area (Å²) >= 11 is 0. The molecule has 0 heterocycles. The van der Waals surface area contributed by atoms with E-state index in [1.165, 1.54) is 0 Å². The van der Waals surface area contributed by atoms with Crippen LogP contribution in [0, 0.1) is 0 Å². The number of alkyl halides is 3. The minimum Gasteiger partial charge on any atom is -0.394 e. The second-order valence-corrected chi connectivity index (χ2v) is 5.02. The van der Waals surface area contributed by atoms with Crippen molar-refractivity contribution in [2.75, 3.05) is 6.61 Å². The number of hydrogen-bond donors (Lipinski definition) is 5. The van der Waals surface area contributed by atoms with Gasteiger partial charge in [0.25, 0.3) is 0 Å². The smallest absolute Gasteiger partial charge is 0.394 e. The molecule has 20 heavy (non-hydrogen) atoms. The van der Waals surface area contributed by atoms with Gasteiger partial charge in [-0.1, -0.05) is 0 Å². The van der Waals surface area contributed by atoms with E-state index in [0.29, 0.717) is 0 Å². The third kappa shape index (κ3) is 4.53. The number of halogens is 3. The molecule has 0 saturated carbocycles. The topological polar surface area (TPSA) is 162 Å². The van der Waals surface area contributed by atoms with Crippen LogP contribution in [0.5, 0.6) is 0 Å². The number of aliphatic hydroxyl groups is 5. The predicted octanol–water partition coefficient (Wildman–Crippen LogP) is -3.18. The molecule has 0 fully saturated rings. The highest BCUT2D eigenvalue weighted by Gasteiger charge is 2.51. The Morgan fingerprint density at radius 2 is 1.55 bits per heavy atom. The fraction of sp³-hybridized carbons (Fsp3) is 0.857. The van der Waals surface area contributed by atoms with E-state index in [1.54, 1.807) is 0 Å². The van der Waals surface area contributed by atoms with Gasteiger partial charge in [0.15, 0.2) is 6.10 Å². The van der Waals surface area contributed by atoms with Crippen LogP contribution < -0.4 is 0 Å². The Labute approximate surface area is 110 Å². The van der Waals surface area contributed by atoms with E-state index in [2.05, 4.69) is 4.18 Å². The Bertz CT molecular complexity index is 433. The fourth-order valence-corrected chi connectivity index (χ4v) is 1.28. The monoisotopic (exact) mass is 328 g/mol. The molecule has 0 bridgehead atoms. The Kier molecular flexibility index (Phi) is 6.31. The van der Waals surface area contributed by atoms with Gasteiger partial charge < -0.3 is 29.7 Å². The van der Waals surface area contributed by atoms with Gasteiger partial charge in [-0.3, -0.25) is 0 Å². The molecule has 0 aliphatic carbocycles. The van der Waals surface area contributed by atoms with Crippen molar-refractivity contribution in [3.8, 4) is 0 Å². The summed E-state index contributed by atoms with van der Waals surface area (Å²) in [5, 5.41) is 44.5. The molecule has 0 aliphatic rings. The number of carbonyl (C=O) groups is 1. The summed E-state index contributed by atoms with van der Waals surface area (Å²) in [6, 6.07) is 0. The lowest BCUT2D eigenvalue weighted by Gasteiger charge is -2.24. The van der Waals surface area contributed by atoms with Crippen LogP contribution in [0.25, 0.3) is 0 Å². The fourth-order valence-electron chi connectivity index (χ4n) is 0.866. The molecule has 0 aromatic rings. The number of carbonyl (C=O) groups excluding carboxylic acids is 1. The molecule has 5 N–H and O–H groups in total. The van der Waals surface area contributed by atoms with E-state index < -0.39 is 52.6 Å². The molecule has 0 amide bonds. The van der Waals surface area contributed by atoms with Crippen molar-refractivity contribution in [3.05, 3.63) is 0 Å². The Hall–Kier alpha value is -0.990. The van der Waals surface area contributed by atoms with Crippen LogP contribution in [0.15, 0.2) is 0 Å². The van der Waals surface area contributed by atoms with E-state index in [-0.39, 0.29) is 0 Å². The van der Waals surface area contributed by atoms with Crippen molar-refractivity contribution in [2.45, 2.75) is 29.9 Å². The number of hydrogen-bond acceptors (Lipinski definition) is 9. The molecule has 0 aromatic carbocycles. The van der Waals surface area contributed by atoms with E-state index >= 15 is 0 Å². The molecule has 0 aliphatic heterocycles. The van der Waals surface area contributed by atoms with Crippen LogP contribution in [0.4, 0.5) is 13.2 Å². The predicted molar refractivity (Wildman–Crippen MR) is 52.2 cm³/mol. The van der Waals surface area contributed by atoms with Gasteiger partial charge in [-0.25, -0.2) is 4.79 Å². The molecule has 13 heteroatoms. The lowest BCUT2D eigenvalue weighted by Crippen LogP contribution is -2.49. The third-order valence-corrected chi connectivity index (χ3v) is 2.92. The summed E-state index contributed by atoms with van der Waals surface area (Å²) in [4.78, 5) is 10.9. The largest absolute Gasteiger partial charge is 0.534 e. The first-order chi connectivity index (χ1) is 8.85. The molecule has 0 saturated heterocycles. The third-order valence-electron chi connectivity index (χ3n) is 1.97. The van der Waals surface area contributed by atoms with Gasteiger partial charge in [-0.2, -0.15) is 21.6 Å². The maximum absolute atomic E-state index is 11.9. The highest BCUT2D eigenvalue weighted by atomic mass is 32.2.